The van der Waals surface area contributed by atoms with Crippen LogP contribution in [0.15, 0.2) is 41.1 Å². The van der Waals surface area contributed by atoms with Crippen molar-refractivity contribution in [1.29, 1.82) is 0 Å². The molecular weight excluding hydrogens is 414 g/mol. The van der Waals surface area contributed by atoms with Gasteiger partial charge in [0.2, 0.25) is 11.8 Å². The van der Waals surface area contributed by atoms with Crippen LogP contribution in [0.3, 0.4) is 0 Å². The molecule has 3 rings (SSSR count). The van der Waals surface area contributed by atoms with Crippen molar-refractivity contribution in [2.45, 2.75) is 13.0 Å². The summed E-state index contributed by atoms with van der Waals surface area (Å²) in [7, 11) is 0. The van der Waals surface area contributed by atoms with Crippen molar-refractivity contribution in [3.05, 3.63) is 52.9 Å². The van der Waals surface area contributed by atoms with E-state index in [1.54, 1.807) is 0 Å². The number of nitrogens with zero attached hydrogens (tertiary/aromatic N) is 4. The third-order valence-corrected chi connectivity index (χ3v) is 4.09. The molecule has 3 heterocycles. The molecule has 0 aliphatic rings. The maximum atomic E-state index is 14.2. The van der Waals surface area contributed by atoms with Crippen LogP contribution in [0.1, 0.15) is 6.92 Å². The molecule has 10 heteroatoms. The van der Waals surface area contributed by atoms with Crippen LogP contribution in [0.25, 0.3) is 17.1 Å². The van der Waals surface area contributed by atoms with Crippen molar-refractivity contribution in [1.82, 2.24) is 19.7 Å². The van der Waals surface area contributed by atoms with Gasteiger partial charge in [-0.15, -0.1) is 5.10 Å². The lowest BCUT2D eigenvalue weighted by Crippen LogP contribution is -2.23. The molecule has 1 atom stereocenters. The van der Waals surface area contributed by atoms with Gasteiger partial charge in [-0.05, 0) is 47.1 Å². The van der Waals surface area contributed by atoms with Crippen LogP contribution in [-0.4, -0.2) is 36.9 Å². The van der Waals surface area contributed by atoms with Crippen LogP contribution in [0, 0.1) is 11.8 Å². The number of pyridine rings is 2. The molecule has 0 saturated heterocycles. The summed E-state index contributed by atoms with van der Waals surface area (Å²) in [5, 5.41) is 13.1. The Labute approximate surface area is 154 Å². The smallest absolute Gasteiger partial charge is 0.344 e. The molecular formula is C16H11BrF2N4O3. The Morgan fingerprint density at radius 3 is 2.69 bits per heavy atom. The first-order valence-electron chi connectivity index (χ1n) is 7.29. The molecule has 0 aliphatic heterocycles. The Kier molecular flexibility index (Phi) is 4.94. The van der Waals surface area contributed by atoms with Gasteiger partial charge >= 0.3 is 5.97 Å². The van der Waals surface area contributed by atoms with E-state index in [0.29, 0.717) is 5.56 Å². The molecule has 0 aliphatic carbocycles. The minimum absolute atomic E-state index is 0.0794. The predicted molar refractivity (Wildman–Crippen MR) is 89.9 cm³/mol. The van der Waals surface area contributed by atoms with Crippen LogP contribution < -0.4 is 4.74 Å². The standard InChI is InChI=1S/C16H11BrF2N4O3/c1-8(16(24)25)26-15-12(17)13(9-4-5-11(19)21-7-9)23(22-15)14-10(18)3-2-6-20-14/h2-8H,1H3,(H,24,25). The number of rotatable bonds is 5. The second kappa shape index (κ2) is 7.16. The summed E-state index contributed by atoms with van der Waals surface area (Å²) < 4.78 is 34.1. The fourth-order valence-electron chi connectivity index (χ4n) is 2.12. The van der Waals surface area contributed by atoms with Gasteiger partial charge < -0.3 is 9.84 Å². The summed E-state index contributed by atoms with van der Waals surface area (Å²) in [6.07, 6.45) is 1.42. The molecule has 7 nitrogen and oxygen atoms in total. The zero-order valence-corrected chi connectivity index (χ0v) is 14.8. The number of carbonyl (C=O) groups is 1. The van der Waals surface area contributed by atoms with Gasteiger partial charge in [0, 0.05) is 18.0 Å². The van der Waals surface area contributed by atoms with Crippen LogP contribution in [-0.2, 0) is 4.79 Å². The number of carboxylic acids is 1. The molecule has 1 N–H and O–H groups in total. The second-order valence-corrected chi connectivity index (χ2v) is 5.95. The molecule has 0 radical (unpaired) electrons. The molecule has 0 saturated carbocycles. The first kappa shape index (κ1) is 17.9. The first-order valence-corrected chi connectivity index (χ1v) is 8.08. The zero-order chi connectivity index (χ0) is 18.8. The van der Waals surface area contributed by atoms with E-state index in [4.69, 9.17) is 9.84 Å². The van der Waals surface area contributed by atoms with Crippen molar-refractivity contribution in [3.8, 4) is 23.0 Å². The predicted octanol–water partition coefficient (Wildman–Crippen LogP) is 3.22. The third kappa shape index (κ3) is 3.40. The number of aliphatic carboxylic acids is 1. The van der Waals surface area contributed by atoms with Gasteiger partial charge in [0.15, 0.2) is 17.7 Å². The average molecular weight is 425 g/mol. The highest BCUT2D eigenvalue weighted by atomic mass is 79.9. The van der Waals surface area contributed by atoms with E-state index in [1.807, 2.05) is 0 Å². The number of carboxylic acid groups (broad SMARTS) is 1. The van der Waals surface area contributed by atoms with Gasteiger partial charge in [0.1, 0.15) is 4.47 Å². The summed E-state index contributed by atoms with van der Waals surface area (Å²) in [6, 6.07) is 5.17. The highest BCUT2D eigenvalue weighted by Gasteiger charge is 2.25. The van der Waals surface area contributed by atoms with Crippen LogP contribution in [0.5, 0.6) is 5.88 Å². The fraction of sp³-hybridized carbons (Fsp3) is 0.125. The fourth-order valence-corrected chi connectivity index (χ4v) is 2.69. The van der Waals surface area contributed by atoms with E-state index in [-0.39, 0.29) is 21.9 Å². The molecule has 3 aromatic rings. The van der Waals surface area contributed by atoms with E-state index in [1.165, 1.54) is 37.5 Å². The second-order valence-electron chi connectivity index (χ2n) is 5.16. The number of halogens is 3. The molecule has 0 amide bonds. The highest BCUT2D eigenvalue weighted by molar-refractivity contribution is 9.10. The number of hydrogen-bond donors (Lipinski definition) is 1. The van der Waals surface area contributed by atoms with Gasteiger partial charge in [-0.25, -0.2) is 23.8 Å². The Morgan fingerprint density at radius 1 is 1.31 bits per heavy atom. The molecule has 1 unspecified atom stereocenters. The lowest BCUT2D eigenvalue weighted by atomic mass is 10.2. The Bertz CT molecular complexity index is 963. The molecule has 134 valence electrons. The maximum Gasteiger partial charge on any atom is 0.344 e. The van der Waals surface area contributed by atoms with Gasteiger partial charge in [-0.3, -0.25) is 0 Å². The van der Waals surface area contributed by atoms with Gasteiger partial charge in [-0.2, -0.15) is 4.39 Å². The van der Waals surface area contributed by atoms with Gasteiger partial charge in [0.25, 0.3) is 0 Å². The van der Waals surface area contributed by atoms with E-state index >= 15 is 0 Å². The molecule has 0 fully saturated rings. The quantitative estimate of drug-likeness (QED) is 0.632. The molecule has 0 bridgehead atoms. The monoisotopic (exact) mass is 424 g/mol. The lowest BCUT2D eigenvalue weighted by molar-refractivity contribution is -0.144. The molecule has 0 aromatic carbocycles. The number of ether oxygens (including phenoxy) is 1. The first-order chi connectivity index (χ1) is 12.4. The van der Waals surface area contributed by atoms with Crippen LogP contribution in [0.4, 0.5) is 8.78 Å². The lowest BCUT2D eigenvalue weighted by Gasteiger charge is -2.07. The zero-order valence-electron chi connectivity index (χ0n) is 13.2. The highest BCUT2D eigenvalue weighted by Crippen LogP contribution is 2.37. The van der Waals surface area contributed by atoms with Crippen LogP contribution in [0.2, 0.25) is 0 Å². The number of aromatic nitrogens is 4. The average Bonchev–Trinajstić information content (AvgIpc) is 2.92. The van der Waals surface area contributed by atoms with Gasteiger partial charge in [-0.1, -0.05) is 0 Å². The van der Waals surface area contributed by atoms with Crippen LogP contribution >= 0.6 is 15.9 Å². The summed E-state index contributed by atoms with van der Waals surface area (Å²) in [5.41, 5.74) is 0.677. The minimum Gasteiger partial charge on any atom is -0.479 e. The van der Waals surface area contributed by atoms with Gasteiger partial charge in [0.05, 0.1) is 5.69 Å². The van der Waals surface area contributed by atoms with E-state index < -0.39 is 23.8 Å². The Balaban J connectivity index is 2.19. The van der Waals surface area contributed by atoms with E-state index in [9.17, 15) is 13.6 Å². The summed E-state index contributed by atoms with van der Waals surface area (Å²) in [4.78, 5) is 18.6. The van der Waals surface area contributed by atoms with E-state index in [2.05, 4.69) is 31.0 Å². The largest absolute Gasteiger partial charge is 0.479 e. The summed E-state index contributed by atoms with van der Waals surface area (Å²) >= 11 is 3.28. The van der Waals surface area contributed by atoms with Crippen molar-refractivity contribution in [3.63, 3.8) is 0 Å². The normalized spacial score (nSPS) is 12.0. The Hall–Kier alpha value is -2.88. The molecule has 26 heavy (non-hydrogen) atoms. The number of hydrogen-bond acceptors (Lipinski definition) is 5. The summed E-state index contributed by atoms with van der Waals surface area (Å²) in [5.74, 6) is -2.75. The SMILES string of the molecule is CC(Oc1nn(-c2ncccc2F)c(-c2ccc(F)nc2)c1Br)C(=O)O. The van der Waals surface area contributed by atoms with E-state index in [0.717, 1.165) is 10.7 Å². The molecule has 3 aromatic heterocycles. The van der Waals surface area contributed by atoms with Crippen molar-refractivity contribution in [2.24, 2.45) is 0 Å². The van der Waals surface area contributed by atoms with Crippen molar-refractivity contribution in [2.75, 3.05) is 0 Å². The van der Waals surface area contributed by atoms with Crippen molar-refractivity contribution < 1.29 is 23.4 Å². The Morgan fingerprint density at radius 2 is 2.08 bits per heavy atom. The minimum atomic E-state index is -1.19. The topological polar surface area (TPSA) is 90.1 Å². The summed E-state index contributed by atoms with van der Waals surface area (Å²) in [6.45, 7) is 1.33. The maximum absolute atomic E-state index is 14.2. The third-order valence-electron chi connectivity index (χ3n) is 3.37. The molecule has 0 spiro atoms. The van der Waals surface area contributed by atoms with Crippen molar-refractivity contribution >= 4 is 21.9 Å².